The minimum Gasteiger partial charge on any atom is -0.323 e. The third-order valence-corrected chi connectivity index (χ3v) is 5.62. The molecule has 1 aromatic carbocycles. The fourth-order valence-corrected chi connectivity index (χ4v) is 4.31. The maximum absolute atomic E-state index is 6.42. The summed E-state index contributed by atoms with van der Waals surface area (Å²) in [6.07, 6.45) is 8.78. The fraction of sp³-hybridized carbons (Fsp3) is 0.471. The molecule has 20 heavy (non-hydrogen) atoms. The van der Waals surface area contributed by atoms with E-state index in [0.29, 0.717) is 0 Å². The van der Waals surface area contributed by atoms with Gasteiger partial charge in [0.15, 0.2) is 0 Å². The second-order valence-corrected chi connectivity index (χ2v) is 6.96. The van der Waals surface area contributed by atoms with E-state index in [2.05, 4.69) is 41.0 Å². The van der Waals surface area contributed by atoms with E-state index >= 15 is 0 Å². The van der Waals surface area contributed by atoms with Crippen LogP contribution >= 0.6 is 11.8 Å². The van der Waals surface area contributed by atoms with Gasteiger partial charge in [-0.3, -0.25) is 4.98 Å². The Morgan fingerprint density at radius 2 is 1.95 bits per heavy atom. The standard InChI is InChI=1S/C17H22N2S/c18-16(12-20-14-8-2-1-3-9-14)15-10-4-6-13-7-5-11-19-17(13)15/h4-7,10-11,14,16H,1-3,8-9,12,18H2. The average molecular weight is 286 g/mol. The van der Waals surface area contributed by atoms with Crippen LogP contribution in [0.1, 0.15) is 43.7 Å². The maximum Gasteiger partial charge on any atom is 0.0749 e. The summed E-state index contributed by atoms with van der Waals surface area (Å²) in [6, 6.07) is 10.5. The van der Waals surface area contributed by atoms with Crippen molar-refractivity contribution in [2.75, 3.05) is 5.75 Å². The van der Waals surface area contributed by atoms with E-state index in [1.165, 1.54) is 43.1 Å². The highest BCUT2D eigenvalue weighted by atomic mass is 32.2. The Hall–Kier alpha value is -1.06. The molecule has 1 aliphatic rings. The number of aromatic nitrogens is 1. The van der Waals surface area contributed by atoms with Crippen LogP contribution in [0.4, 0.5) is 0 Å². The van der Waals surface area contributed by atoms with E-state index in [0.717, 1.165) is 16.5 Å². The SMILES string of the molecule is NC(CSC1CCCCC1)c1cccc2cccnc12. The van der Waals surface area contributed by atoms with Crippen LogP contribution in [0.2, 0.25) is 0 Å². The molecule has 0 amide bonds. The lowest BCUT2D eigenvalue weighted by atomic mass is 10.0. The Kier molecular flexibility index (Phi) is 4.58. The van der Waals surface area contributed by atoms with Crippen molar-refractivity contribution in [2.24, 2.45) is 5.73 Å². The number of nitrogens with zero attached hydrogens (tertiary/aromatic N) is 1. The molecule has 106 valence electrons. The zero-order chi connectivity index (χ0) is 13.8. The van der Waals surface area contributed by atoms with E-state index in [9.17, 15) is 0 Å². The van der Waals surface area contributed by atoms with Crippen LogP contribution < -0.4 is 5.73 Å². The molecule has 3 rings (SSSR count). The second-order valence-electron chi connectivity index (χ2n) is 5.62. The summed E-state index contributed by atoms with van der Waals surface area (Å²) >= 11 is 2.06. The third-order valence-electron chi connectivity index (χ3n) is 4.13. The zero-order valence-electron chi connectivity index (χ0n) is 11.8. The lowest BCUT2D eigenvalue weighted by Gasteiger charge is -2.23. The first kappa shape index (κ1) is 13.9. The van der Waals surface area contributed by atoms with Crippen LogP contribution in [0.25, 0.3) is 10.9 Å². The van der Waals surface area contributed by atoms with Crippen LogP contribution in [0.5, 0.6) is 0 Å². The van der Waals surface area contributed by atoms with Crippen LogP contribution in [0, 0.1) is 0 Å². The predicted molar refractivity (Wildman–Crippen MR) is 88.0 cm³/mol. The monoisotopic (exact) mass is 286 g/mol. The van der Waals surface area contributed by atoms with E-state index in [4.69, 9.17) is 5.73 Å². The summed E-state index contributed by atoms with van der Waals surface area (Å²) in [5.74, 6) is 1.00. The van der Waals surface area contributed by atoms with Gasteiger partial charge in [0.05, 0.1) is 5.52 Å². The summed E-state index contributed by atoms with van der Waals surface area (Å²) in [7, 11) is 0. The molecule has 2 N–H and O–H groups in total. The highest BCUT2D eigenvalue weighted by molar-refractivity contribution is 7.99. The summed E-state index contributed by atoms with van der Waals surface area (Å²) < 4.78 is 0. The summed E-state index contributed by atoms with van der Waals surface area (Å²) in [5, 5.41) is 2.00. The smallest absolute Gasteiger partial charge is 0.0749 e. The first-order chi connectivity index (χ1) is 9.84. The molecule has 0 radical (unpaired) electrons. The van der Waals surface area contributed by atoms with Gasteiger partial charge in [0.25, 0.3) is 0 Å². The highest BCUT2D eigenvalue weighted by Crippen LogP contribution is 2.31. The predicted octanol–water partition coefficient (Wildman–Crippen LogP) is 4.30. The molecule has 1 fully saturated rings. The largest absolute Gasteiger partial charge is 0.323 e. The quantitative estimate of drug-likeness (QED) is 0.910. The van der Waals surface area contributed by atoms with Gasteiger partial charge in [0, 0.05) is 28.6 Å². The maximum atomic E-state index is 6.42. The molecule has 1 atom stereocenters. The van der Waals surface area contributed by atoms with Gasteiger partial charge in [-0.25, -0.2) is 0 Å². The van der Waals surface area contributed by atoms with E-state index < -0.39 is 0 Å². The number of benzene rings is 1. The molecule has 2 aromatic rings. The van der Waals surface area contributed by atoms with E-state index in [-0.39, 0.29) is 6.04 Å². The average Bonchev–Trinajstić information content (AvgIpc) is 2.53. The molecular weight excluding hydrogens is 264 g/mol. The molecule has 1 saturated carbocycles. The Bertz CT molecular complexity index is 558. The number of rotatable bonds is 4. The van der Waals surface area contributed by atoms with Crippen molar-refractivity contribution in [2.45, 2.75) is 43.4 Å². The topological polar surface area (TPSA) is 38.9 Å². The van der Waals surface area contributed by atoms with Gasteiger partial charge in [0.1, 0.15) is 0 Å². The molecule has 0 spiro atoms. The van der Waals surface area contributed by atoms with Gasteiger partial charge in [0.2, 0.25) is 0 Å². The molecule has 1 heterocycles. The van der Waals surface area contributed by atoms with Gasteiger partial charge >= 0.3 is 0 Å². The first-order valence-corrected chi connectivity index (χ1v) is 8.60. The lowest BCUT2D eigenvalue weighted by molar-refractivity contribution is 0.515. The number of hydrogen-bond donors (Lipinski definition) is 1. The van der Waals surface area contributed by atoms with Crippen molar-refractivity contribution in [3.05, 3.63) is 42.1 Å². The minimum atomic E-state index is 0.0838. The van der Waals surface area contributed by atoms with Crippen molar-refractivity contribution in [3.63, 3.8) is 0 Å². The van der Waals surface area contributed by atoms with Gasteiger partial charge in [-0.05, 0) is 24.5 Å². The van der Waals surface area contributed by atoms with E-state index in [1.54, 1.807) is 0 Å². The zero-order valence-corrected chi connectivity index (χ0v) is 12.6. The first-order valence-electron chi connectivity index (χ1n) is 7.55. The number of para-hydroxylation sites is 1. The van der Waals surface area contributed by atoms with Gasteiger partial charge in [-0.15, -0.1) is 0 Å². The lowest BCUT2D eigenvalue weighted by Crippen LogP contribution is -2.17. The van der Waals surface area contributed by atoms with Gasteiger partial charge in [-0.2, -0.15) is 11.8 Å². The molecule has 1 aromatic heterocycles. The normalized spacial score (nSPS) is 18.2. The molecule has 1 aliphatic carbocycles. The van der Waals surface area contributed by atoms with Crippen LogP contribution in [-0.4, -0.2) is 16.0 Å². The Morgan fingerprint density at radius 1 is 1.15 bits per heavy atom. The Labute approximate surface area is 125 Å². The minimum absolute atomic E-state index is 0.0838. The summed E-state index contributed by atoms with van der Waals surface area (Å²) in [4.78, 5) is 4.51. The Balaban J connectivity index is 1.70. The molecule has 1 unspecified atom stereocenters. The number of fused-ring (bicyclic) bond motifs is 1. The molecule has 0 bridgehead atoms. The molecule has 0 saturated heterocycles. The Morgan fingerprint density at radius 3 is 2.80 bits per heavy atom. The number of hydrogen-bond acceptors (Lipinski definition) is 3. The van der Waals surface area contributed by atoms with Crippen molar-refractivity contribution in [1.82, 2.24) is 4.98 Å². The van der Waals surface area contributed by atoms with E-state index in [1.807, 2.05) is 12.3 Å². The highest BCUT2D eigenvalue weighted by Gasteiger charge is 2.17. The number of nitrogens with two attached hydrogens (primary N) is 1. The third kappa shape index (κ3) is 3.15. The van der Waals surface area contributed by atoms with Crippen LogP contribution in [-0.2, 0) is 0 Å². The van der Waals surface area contributed by atoms with Crippen molar-refractivity contribution in [1.29, 1.82) is 0 Å². The van der Waals surface area contributed by atoms with Crippen LogP contribution in [0.3, 0.4) is 0 Å². The molecule has 2 nitrogen and oxygen atoms in total. The molecule has 0 aliphatic heterocycles. The van der Waals surface area contributed by atoms with Crippen molar-refractivity contribution in [3.8, 4) is 0 Å². The second kappa shape index (κ2) is 6.59. The molecular formula is C17H22N2S. The fourth-order valence-electron chi connectivity index (χ4n) is 2.99. The molecule has 3 heteroatoms. The number of thioether (sulfide) groups is 1. The number of pyridine rings is 1. The summed E-state index contributed by atoms with van der Waals surface area (Å²) in [6.45, 7) is 0. The summed E-state index contributed by atoms with van der Waals surface area (Å²) in [5.41, 5.74) is 8.67. The van der Waals surface area contributed by atoms with Gasteiger partial charge < -0.3 is 5.73 Å². The van der Waals surface area contributed by atoms with Gasteiger partial charge in [-0.1, -0.05) is 43.5 Å². The van der Waals surface area contributed by atoms with Crippen LogP contribution in [0.15, 0.2) is 36.5 Å². The van der Waals surface area contributed by atoms with Crippen molar-refractivity contribution >= 4 is 22.7 Å². The van der Waals surface area contributed by atoms with Crippen molar-refractivity contribution < 1.29 is 0 Å².